The van der Waals surface area contributed by atoms with Gasteiger partial charge in [-0.3, -0.25) is 14.9 Å². The molecule has 0 bridgehead atoms. The number of amides is 1. The topological polar surface area (TPSA) is 102 Å². The molecule has 0 unspecified atom stereocenters. The number of fused-ring (bicyclic) bond motifs is 1. The normalized spacial score (nSPS) is 10.7. The molecular weight excluding hydrogens is 382 g/mol. The second-order valence-corrected chi connectivity index (χ2v) is 6.74. The maximum Gasteiger partial charge on any atom is 0.293 e. The summed E-state index contributed by atoms with van der Waals surface area (Å²) in [6.45, 7) is 0.210. The number of hydrogen-bond acceptors (Lipinski definition) is 5. The maximum atomic E-state index is 12.6. The Morgan fingerprint density at radius 2 is 1.80 bits per heavy atom. The van der Waals surface area contributed by atoms with E-state index in [1.54, 1.807) is 18.2 Å². The van der Waals surface area contributed by atoms with Gasteiger partial charge in [-0.25, -0.2) is 4.98 Å². The van der Waals surface area contributed by atoms with Gasteiger partial charge in [0.1, 0.15) is 11.5 Å². The number of nitrogens with one attached hydrogen (secondary N) is 2. The zero-order valence-electron chi connectivity index (χ0n) is 16.2. The second-order valence-electron chi connectivity index (χ2n) is 6.74. The molecule has 0 atom stereocenters. The van der Waals surface area contributed by atoms with Gasteiger partial charge in [-0.2, -0.15) is 0 Å². The molecule has 0 aliphatic rings. The number of anilines is 2. The van der Waals surface area contributed by atoms with Crippen molar-refractivity contribution in [2.75, 3.05) is 5.32 Å². The molecule has 0 saturated carbocycles. The van der Waals surface area contributed by atoms with Crippen molar-refractivity contribution in [3.8, 4) is 0 Å². The van der Waals surface area contributed by atoms with Crippen molar-refractivity contribution in [2.24, 2.45) is 7.05 Å². The predicted octanol–water partition coefficient (Wildman–Crippen LogP) is 4.16. The Balaban J connectivity index is 1.52. The number of nitrogens with zero attached hydrogens (tertiary/aromatic N) is 3. The minimum absolute atomic E-state index is 0.172. The highest BCUT2D eigenvalue weighted by atomic mass is 16.6. The number of aryl methyl sites for hydroxylation is 1. The first-order valence-corrected chi connectivity index (χ1v) is 9.32. The summed E-state index contributed by atoms with van der Waals surface area (Å²) in [6.07, 6.45) is 0. The lowest BCUT2D eigenvalue weighted by atomic mass is 10.1. The van der Waals surface area contributed by atoms with Crippen LogP contribution in [0.2, 0.25) is 0 Å². The Morgan fingerprint density at radius 3 is 2.53 bits per heavy atom. The highest BCUT2D eigenvalue weighted by molar-refractivity contribution is 5.96. The summed E-state index contributed by atoms with van der Waals surface area (Å²) in [6, 6.07) is 21.2. The number of nitro benzene ring substituents is 1. The third-order valence-corrected chi connectivity index (χ3v) is 4.80. The molecule has 0 aliphatic heterocycles. The summed E-state index contributed by atoms with van der Waals surface area (Å²) in [5.41, 5.74) is 2.89. The van der Waals surface area contributed by atoms with Crippen LogP contribution in [0.1, 0.15) is 16.2 Å². The zero-order chi connectivity index (χ0) is 21.1. The van der Waals surface area contributed by atoms with E-state index >= 15 is 0 Å². The summed E-state index contributed by atoms with van der Waals surface area (Å²) in [7, 11) is 1.88. The van der Waals surface area contributed by atoms with Crippen LogP contribution >= 0.6 is 0 Å². The number of para-hydroxylation sites is 3. The average Bonchev–Trinajstić information content (AvgIpc) is 3.08. The average molecular weight is 401 g/mol. The van der Waals surface area contributed by atoms with Crippen LogP contribution in [0.25, 0.3) is 11.0 Å². The fraction of sp³-hybridized carbons (Fsp3) is 0.0909. The first-order chi connectivity index (χ1) is 14.5. The van der Waals surface area contributed by atoms with Gasteiger partial charge in [-0.05, 0) is 36.4 Å². The van der Waals surface area contributed by atoms with E-state index in [1.807, 2.05) is 54.1 Å². The molecule has 1 heterocycles. The number of nitro groups is 1. The molecule has 2 N–H and O–H groups in total. The van der Waals surface area contributed by atoms with E-state index in [9.17, 15) is 14.9 Å². The molecule has 1 aromatic heterocycles. The lowest BCUT2D eigenvalue weighted by molar-refractivity contribution is -0.383. The summed E-state index contributed by atoms with van der Waals surface area (Å²) < 4.78 is 1.91. The third-order valence-electron chi connectivity index (χ3n) is 4.80. The van der Waals surface area contributed by atoms with Crippen LogP contribution in [0.15, 0.2) is 72.8 Å². The molecule has 150 valence electrons. The Kier molecular flexibility index (Phi) is 5.13. The third kappa shape index (κ3) is 3.83. The van der Waals surface area contributed by atoms with E-state index in [4.69, 9.17) is 0 Å². The van der Waals surface area contributed by atoms with Crippen LogP contribution in [0, 0.1) is 10.1 Å². The number of carbonyl (C=O) groups excluding carboxylic acids is 1. The fourth-order valence-electron chi connectivity index (χ4n) is 3.22. The van der Waals surface area contributed by atoms with Crippen molar-refractivity contribution in [2.45, 2.75) is 6.54 Å². The van der Waals surface area contributed by atoms with E-state index < -0.39 is 10.8 Å². The molecule has 8 heteroatoms. The van der Waals surface area contributed by atoms with E-state index in [2.05, 4.69) is 15.6 Å². The number of imidazole rings is 1. The fourth-order valence-corrected chi connectivity index (χ4v) is 3.22. The van der Waals surface area contributed by atoms with Gasteiger partial charge in [-0.15, -0.1) is 0 Å². The van der Waals surface area contributed by atoms with Crippen LogP contribution in [-0.2, 0) is 13.6 Å². The molecular formula is C22H19N5O3. The Labute approximate surface area is 172 Å². The van der Waals surface area contributed by atoms with Crippen LogP contribution in [0.3, 0.4) is 0 Å². The molecule has 1 amide bonds. The number of aromatic nitrogens is 2. The van der Waals surface area contributed by atoms with Crippen LogP contribution < -0.4 is 10.6 Å². The number of rotatable bonds is 6. The molecule has 3 aromatic carbocycles. The molecule has 0 fully saturated rings. The molecule has 4 rings (SSSR count). The molecule has 0 aliphatic carbocycles. The first kappa shape index (κ1) is 19.1. The van der Waals surface area contributed by atoms with Gasteiger partial charge in [0.05, 0.1) is 22.5 Å². The Morgan fingerprint density at radius 1 is 1.07 bits per heavy atom. The lowest BCUT2D eigenvalue weighted by Gasteiger charge is -2.09. The van der Waals surface area contributed by atoms with Crippen molar-refractivity contribution >= 4 is 34.0 Å². The maximum absolute atomic E-state index is 12.6. The Bertz CT molecular complexity index is 1230. The first-order valence-electron chi connectivity index (χ1n) is 9.32. The van der Waals surface area contributed by atoms with Crippen molar-refractivity contribution in [3.05, 3.63) is 94.3 Å². The van der Waals surface area contributed by atoms with Gasteiger partial charge in [0.25, 0.3) is 11.6 Å². The zero-order valence-corrected chi connectivity index (χ0v) is 16.2. The summed E-state index contributed by atoms with van der Waals surface area (Å²) in [5, 5.41) is 17.3. The quantitative estimate of drug-likeness (QED) is 0.373. The van der Waals surface area contributed by atoms with Crippen LogP contribution in [0.4, 0.5) is 17.1 Å². The van der Waals surface area contributed by atoms with Crippen LogP contribution in [-0.4, -0.2) is 20.4 Å². The summed E-state index contributed by atoms with van der Waals surface area (Å²) >= 11 is 0. The monoisotopic (exact) mass is 401 g/mol. The van der Waals surface area contributed by atoms with Crippen molar-refractivity contribution < 1.29 is 9.72 Å². The van der Waals surface area contributed by atoms with Crippen molar-refractivity contribution in [1.82, 2.24) is 14.9 Å². The minimum atomic E-state index is -0.506. The van der Waals surface area contributed by atoms with Gasteiger partial charge in [0.15, 0.2) is 0 Å². The van der Waals surface area contributed by atoms with E-state index in [0.717, 1.165) is 16.7 Å². The molecule has 0 radical (unpaired) electrons. The Hall–Kier alpha value is -4.20. The lowest BCUT2D eigenvalue weighted by Crippen LogP contribution is -2.24. The molecule has 8 nitrogen and oxygen atoms in total. The van der Waals surface area contributed by atoms with Crippen molar-refractivity contribution in [1.29, 1.82) is 0 Å². The van der Waals surface area contributed by atoms with Gasteiger partial charge < -0.3 is 15.2 Å². The standard InChI is InChI=1S/C22H19N5O3/c1-26-19-10-6-5-9-17(19)25-21(26)14-23-22(28)15-11-12-18(20(13-15)27(29)30)24-16-7-3-2-4-8-16/h2-13,24H,14H2,1H3,(H,23,28). The predicted molar refractivity (Wildman–Crippen MR) is 115 cm³/mol. The summed E-state index contributed by atoms with van der Waals surface area (Å²) in [4.78, 5) is 28.1. The molecule has 0 spiro atoms. The van der Waals surface area contributed by atoms with Crippen LogP contribution in [0.5, 0.6) is 0 Å². The second kappa shape index (κ2) is 8.04. The smallest absolute Gasteiger partial charge is 0.293 e. The van der Waals surface area contributed by atoms with Crippen molar-refractivity contribution in [3.63, 3.8) is 0 Å². The molecule has 0 saturated heterocycles. The number of hydrogen-bond donors (Lipinski definition) is 2. The SMILES string of the molecule is Cn1c(CNC(=O)c2ccc(Nc3ccccc3)c([N+](=O)[O-])c2)nc2ccccc21. The van der Waals surface area contributed by atoms with Gasteiger partial charge in [0, 0.05) is 24.4 Å². The van der Waals surface area contributed by atoms with Gasteiger partial charge in [-0.1, -0.05) is 30.3 Å². The summed E-state index contributed by atoms with van der Waals surface area (Å²) in [5.74, 6) is 0.290. The number of benzene rings is 3. The molecule has 4 aromatic rings. The van der Waals surface area contributed by atoms with Gasteiger partial charge in [0.2, 0.25) is 0 Å². The minimum Gasteiger partial charge on any atom is -0.350 e. The van der Waals surface area contributed by atoms with Gasteiger partial charge >= 0.3 is 0 Å². The highest BCUT2D eigenvalue weighted by Crippen LogP contribution is 2.28. The van der Waals surface area contributed by atoms with E-state index in [0.29, 0.717) is 11.5 Å². The molecule has 30 heavy (non-hydrogen) atoms. The largest absolute Gasteiger partial charge is 0.350 e. The number of carbonyl (C=O) groups is 1. The highest BCUT2D eigenvalue weighted by Gasteiger charge is 2.18. The van der Waals surface area contributed by atoms with E-state index in [-0.39, 0.29) is 17.8 Å². The van der Waals surface area contributed by atoms with E-state index in [1.165, 1.54) is 12.1 Å².